The van der Waals surface area contributed by atoms with Crippen LogP contribution in [0.25, 0.3) is 5.57 Å². The highest BCUT2D eigenvalue weighted by Crippen LogP contribution is 2.41. The molecule has 254 valence electrons. The highest BCUT2D eigenvalue weighted by atomic mass is 19.2. The second kappa shape index (κ2) is 15.5. The zero-order chi connectivity index (χ0) is 34.4. The number of hydrogen-bond acceptors (Lipinski definition) is 6. The SMILES string of the molecule is CCc1cc(CC2=NC=CC3C2=CC=C3c2ccc(OC)c(F)c2F)ccc1C(=O)CC1CCC(NC(=O)[C@@H](N)CCCN=C(N)N)C1. The number of guanidine groups is 1. The minimum Gasteiger partial charge on any atom is -0.494 e. The molecule has 0 aromatic heterocycles. The Labute approximate surface area is 280 Å². The van der Waals surface area contributed by atoms with Crippen LogP contribution < -0.4 is 27.3 Å². The third-order valence-corrected chi connectivity index (χ3v) is 9.42. The molecule has 2 aromatic rings. The molecule has 7 N–H and O–H groups in total. The minimum atomic E-state index is -1.01. The van der Waals surface area contributed by atoms with Crippen LogP contribution in [0.3, 0.4) is 0 Å². The number of carbonyl (C=O) groups is 2. The Morgan fingerprint density at radius 3 is 2.65 bits per heavy atom. The van der Waals surface area contributed by atoms with E-state index in [1.165, 1.54) is 13.2 Å². The summed E-state index contributed by atoms with van der Waals surface area (Å²) in [5.41, 5.74) is 22.1. The van der Waals surface area contributed by atoms with E-state index >= 15 is 0 Å². The van der Waals surface area contributed by atoms with Crippen molar-refractivity contribution in [3.63, 3.8) is 0 Å². The van der Waals surface area contributed by atoms with Crippen LogP contribution in [-0.2, 0) is 17.6 Å². The number of carbonyl (C=O) groups excluding carboxylic acids is 2. The summed E-state index contributed by atoms with van der Waals surface area (Å²) in [4.78, 5) is 34.6. The maximum atomic E-state index is 15.0. The standard InChI is InChI=1S/C37H44F2N6O3/c1-3-23-17-21(19-31-28-11-10-26(27(28)14-16-43-31)29-12-13-33(48-2)35(39)34(29)38)7-9-25(23)32(46)20-22-6-8-24(18-22)45-36(47)30(40)5-4-15-44-37(41)42/h7,9-14,16-17,22,24,27,30H,3-6,8,15,18-20,40H2,1-2H3,(H,45,47)(H4,41,42,44)/t22?,24?,27?,30-/m0/s1. The molecule has 0 spiro atoms. The first kappa shape index (κ1) is 34.7. The summed E-state index contributed by atoms with van der Waals surface area (Å²) in [5, 5.41) is 3.05. The summed E-state index contributed by atoms with van der Waals surface area (Å²) < 4.78 is 34.4. The number of nitrogens with two attached hydrogens (primary N) is 3. The molecule has 2 aliphatic carbocycles. The Kier molecular flexibility index (Phi) is 11.2. The van der Waals surface area contributed by atoms with Gasteiger partial charge < -0.3 is 27.3 Å². The van der Waals surface area contributed by atoms with Crippen LogP contribution in [0.2, 0.25) is 0 Å². The van der Waals surface area contributed by atoms with Crippen LogP contribution in [0.15, 0.2) is 70.3 Å². The molecule has 1 fully saturated rings. The van der Waals surface area contributed by atoms with E-state index in [0.717, 1.165) is 47.2 Å². The van der Waals surface area contributed by atoms with Gasteiger partial charge in [0.15, 0.2) is 23.3 Å². The highest BCUT2D eigenvalue weighted by Gasteiger charge is 2.31. The van der Waals surface area contributed by atoms with Crippen molar-refractivity contribution in [3.8, 4) is 5.75 Å². The Morgan fingerprint density at radius 1 is 1.10 bits per heavy atom. The van der Waals surface area contributed by atoms with Crippen LogP contribution in [0, 0.1) is 23.5 Å². The fraction of sp³-hybridized carbons (Fsp3) is 0.405. The Morgan fingerprint density at radius 2 is 1.90 bits per heavy atom. The van der Waals surface area contributed by atoms with Gasteiger partial charge in [-0.2, -0.15) is 4.39 Å². The number of aryl methyl sites for hydroxylation is 1. The number of fused-ring (bicyclic) bond motifs is 1. The number of Topliss-reactive ketones (excluding diaryl/α,β-unsaturated/α-hetero) is 1. The van der Waals surface area contributed by atoms with Gasteiger partial charge >= 0.3 is 0 Å². The number of methoxy groups -OCH3 is 1. The second-order valence-electron chi connectivity index (χ2n) is 12.7. The van der Waals surface area contributed by atoms with Gasteiger partial charge in [-0.15, -0.1) is 0 Å². The number of benzene rings is 2. The average Bonchev–Trinajstić information content (AvgIpc) is 3.71. The molecule has 9 nitrogen and oxygen atoms in total. The normalized spacial score (nSPS) is 20.4. The first-order valence-electron chi connectivity index (χ1n) is 16.5. The minimum absolute atomic E-state index is 0.00126. The predicted octanol–water partition coefficient (Wildman–Crippen LogP) is 4.93. The number of nitrogens with zero attached hydrogens (tertiary/aromatic N) is 2. The first-order chi connectivity index (χ1) is 23.1. The number of ketones is 1. The van der Waals surface area contributed by atoms with E-state index < -0.39 is 17.7 Å². The van der Waals surface area contributed by atoms with Gasteiger partial charge in [0, 0.05) is 54.4 Å². The maximum Gasteiger partial charge on any atom is 0.237 e. The van der Waals surface area contributed by atoms with E-state index in [9.17, 15) is 18.4 Å². The molecule has 1 amide bonds. The smallest absolute Gasteiger partial charge is 0.237 e. The van der Waals surface area contributed by atoms with Gasteiger partial charge in [0.25, 0.3) is 0 Å². The first-order valence-corrected chi connectivity index (χ1v) is 16.5. The van der Waals surface area contributed by atoms with Crippen LogP contribution in [0.5, 0.6) is 5.75 Å². The van der Waals surface area contributed by atoms with Crippen LogP contribution >= 0.6 is 0 Å². The van der Waals surface area contributed by atoms with E-state index in [1.54, 1.807) is 12.3 Å². The molecule has 0 radical (unpaired) electrons. The van der Waals surface area contributed by atoms with Crippen molar-refractivity contribution in [1.82, 2.24) is 5.32 Å². The van der Waals surface area contributed by atoms with Gasteiger partial charge in [-0.25, -0.2) is 4.39 Å². The van der Waals surface area contributed by atoms with Crippen LogP contribution in [-0.4, -0.2) is 49.1 Å². The number of allylic oxidation sites excluding steroid dienone is 5. The third kappa shape index (κ3) is 7.90. The third-order valence-electron chi connectivity index (χ3n) is 9.42. The maximum absolute atomic E-state index is 15.0. The Hall–Kier alpha value is -4.64. The Balaban J connectivity index is 1.16. The molecule has 0 bridgehead atoms. The summed E-state index contributed by atoms with van der Waals surface area (Å²) >= 11 is 0. The van der Waals surface area contributed by atoms with Crippen molar-refractivity contribution in [1.29, 1.82) is 0 Å². The van der Waals surface area contributed by atoms with E-state index in [-0.39, 0.29) is 46.8 Å². The Bertz CT molecular complexity index is 1710. The number of ether oxygens (including phenoxy) is 1. The van der Waals surface area contributed by atoms with Crippen molar-refractivity contribution >= 4 is 28.9 Å². The molecule has 1 heterocycles. The summed E-state index contributed by atoms with van der Waals surface area (Å²) in [5.74, 6) is -2.20. The number of amides is 1. The number of rotatable bonds is 14. The molecule has 4 atom stereocenters. The lowest BCUT2D eigenvalue weighted by molar-refractivity contribution is -0.123. The highest BCUT2D eigenvalue weighted by molar-refractivity contribution is 6.07. The van der Waals surface area contributed by atoms with E-state index in [4.69, 9.17) is 21.9 Å². The summed E-state index contributed by atoms with van der Waals surface area (Å²) in [6.07, 6.45) is 12.5. The van der Waals surface area contributed by atoms with Crippen molar-refractivity contribution < 1.29 is 23.1 Å². The average molecular weight is 659 g/mol. The summed E-state index contributed by atoms with van der Waals surface area (Å²) in [7, 11) is 1.31. The lowest BCUT2D eigenvalue weighted by atomic mass is 9.85. The van der Waals surface area contributed by atoms with Crippen molar-refractivity contribution in [3.05, 3.63) is 94.2 Å². The summed E-state index contributed by atoms with van der Waals surface area (Å²) in [6.45, 7) is 2.46. The lowest BCUT2D eigenvalue weighted by Crippen LogP contribution is -2.44. The van der Waals surface area contributed by atoms with Crippen molar-refractivity contribution in [2.45, 2.75) is 70.4 Å². The molecule has 0 saturated heterocycles. The quantitative estimate of drug-likeness (QED) is 0.0976. The van der Waals surface area contributed by atoms with Gasteiger partial charge in [-0.1, -0.05) is 43.4 Å². The van der Waals surface area contributed by atoms with Crippen molar-refractivity contribution in [2.75, 3.05) is 13.7 Å². The number of nitrogens with one attached hydrogen (secondary N) is 1. The fourth-order valence-electron chi connectivity index (χ4n) is 6.89. The fourth-order valence-corrected chi connectivity index (χ4v) is 6.89. The zero-order valence-corrected chi connectivity index (χ0v) is 27.5. The lowest BCUT2D eigenvalue weighted by Gasteiger charge is -2.22. The number of halogens is 2. The monoisotopic (exact) mass is 658 g/mol. The van der Waals surface area contributed by atoms with Crippen LogP contribution in [0.1, 0.15) is 72.5 Å². The molecule has 3 unspecified atom stereocenters. The molecule has 3 aliphatic rings. The molecule has 2 aromatic carbocycles. The number of hydrogen-bond donors (Lipinski definition) is 4. The summed E-state index contributed by atoms with van der Waals surface area (Å²) in [6, 6.07) is 8.29. The molecule has 1 aliphatic heterocycles. The van der Waals surface area contributed by atoms with Gasteiger partial charge in [0.2, 0.25) is 11.7 Å². The molecular formula is C37H44F2N6O3. The van der Waals surface area contributed by atoms with Gasteiger partial charge in [-0.3, -0.25) is 19.6 Å². The van der Waals surface area contributed by atoms with Crippen molar-refractivity contribution in [2.24, 2.45) is 39.0 Å². The number of aliphatic imine (C=N–C) groups is 2. The second-order valence-corrected chi connectivity index (χ2v) is 12.7. The largest absolute Gasteiger partial charge is 0.494 e. The molecular weight excluding hydrogens is 614 g/mol. The van der Waals surface area contributed by atoms with E-state index in [1.807, 2.05) is 37.3 Å². The predicted molar refractivity (Wildman–Crippen MR) is 185 cm³/mol. The molecule has 1 saturated carbocycles. The van der Waals surface area contributed by atoms with E-state index in [0.29, 0.717) is 44.2 Å². The molecule has 48 heavy (non-hydrogen) atoms. The molecule has 11 heteroatoms. The zero-order valence-electron chi connectivity index (χ0n) is 27.5. The van der Waals surface area contributed by atoms with Gasteiger partial charge in [0.05, 0.1) is 13.2 Å². The topological polar surface area (TPSA) is 158 Å². The van der Waals surface area contributed by atoms with E-state index in [2.05, 4.69) is 21.4 Å². The van der Waals surface area contributed by atoms with Gasteiger partial charge in [-0.05, 0) is 78.8 Å². The van der Waals surface area contributed by atoms with Crippen LogP contribution in [0.4, 0.5) is 8.78 Å². The van der Waals surface area contributed by atoms with Gasteiger partial charge in [0.1, 0.15) is 0 Å². The molecule has 5 rings (SSSR count).